The number of ether oxygens (including phenoxy) is 7. The number of hydrogen-bond acceptors (Lipinski definition) is 29. The minimum absolute atomic E-state index is 0.0778. The Labute approximate surface area is 731 Å². The van der Waals surface area contributed by atoms with Crippen molar-refractivity contribution in [3.05, 3.63) is 164 Å². The van der Waals surface area contributed by atoms with Crippen LogP contribution in [-0.2, 0) is 54.3 Å². The molecule has 0 unspecified atom stereocenters. The predicted molar refractivity (Wildman–Crippen MR) is 447 cm³/mol. The van der Waals surface area contributed by atoms with Crippen molar-refractivity contribution < 1.29 is 133 Å². The Bertz CT molecular complexity index is 5220. The van der Waals surface area contributed by atoms with Crippen molar-refractivity contribution in [1.29, 1.82) is 0 Å². The number of aromatic hydroxyl groups is 4. The van der Waals surface area contributed by atoms with E-state index in [4.69, 9.17) is 56.4 Å². The number of rotatable bonds is 21. The summed E-state index contributed by atoms with van der Waals surface area (Å²) in [5.41, 5.74) is -2.44. The molecule has 39 heteroatoms. The molecule has 0 spiro atoms. The smallest absolute Gasteiger partial charge is 0.248 e. The van der Waals surface area contributed by atoms with Gasteiger partial charge >= 0.3 is 0 Å². The summed E-state index contributed by atoms with van der Waals surface area (Å²) in [7, 11) is 4.98. The summed E-state index contributed by atoms with van der Waals surface area (Å²) >= 11 is 14.3. The van der Waals surface area contributed by atoms with Crippen LogP contribution in [-0.4, -0.2) is 234 Å². The molecule has 18 atom stereocenters. The number of unbranched alkanes of at least 4 members (excludes halogenated alkanes) is 4. The van der Waals surface area contributed by atoms with E-state index in [0.29, 0.717) is 37.3 Å². The molecular formula is C87H100Cl2N10O27. The van der Waals surface area contributed by atoms with Crippen molar-refractivity contribution in [2.45, 2.75) is 181 Å². The number of aliphatic hydroxyl groups is 8. The summed E-state index contributed by atoms with van der Waals surface area (Å²) in [5.74, 6) is -14.9. The van der Waals surface area contributed by atoms with E-state index in [9.17, 15) is 70.9 Å². The molecule has 2 saturated heterocycles. The van der Waals surface area contributed by atoms with Gasteiger partial charge in [0.15, 0.2) is 23.0 Å². The lowest BCUT2D eigenvalue weighted by molar-refractivity contribution is -0.277. The van der Waals surface area contributed by atoms with Crippen LogP contribution in [0.5, 0.6) is 69.0 Å². The Kier molecular flexibility index (Phi) is 29.3. The number of carbonyl (C=O) groups is 8. The molecule has 2 fully saturated rings. The van der Waals surface area contributed by atoms with E-state index < -0.39 is 254 Å². The predicted octanol–water partition coefficient (Wildman–Crippen LogP) is 3.69. The fourth-order valence-corrected chi connectivity index (χ4v) is 16.2. The first-order chi connectivity index (χ1) is 60.2. The first-order valence-electron chi connectivity index (χ1n) is 41.0. The summed E-state index contributed by atoms with van der Waals surface area (Å²) < 4.78 is 44.9. The summed E-state index contributed by atoms with van der Waals surface area (Å²) in [6.45, 7) is 2.68. The maximum atomic E-state index is 16.8. The van der Waals surface area contributed by atoms with Crippen molar-refractivity contribution in [1.82, 2.24) is 52.8 Å². The Balaban J connectivity index is 1.04. The molecule has 8 amide bonds. The molecule has 15 rings (SSSR count). The first kappa shape index (κ1) is 92.3. The molecule has 8 aliphatic rings. The molecule has 126 heavy (non-hydrogen) atoms. The van der Waals surface area contributed by atoms with Crippen LogP contribution in [0.1, 0.15) is 140 Å². The molecule has 674 valence electrons. The summed E-state index contributed by atoms with van der Waals surface area (Å²) in [5, 5.41) is 162. The largest absolute Gasteiger partial charge is 0.508 e. The monoisotopic (exact) mass is 1790 g/mol. The molecule has 8 heterocycles. The van der Waals surface area contributed by atoms with Gasteiger partial charge in [0, 0.05) is 48.2 Å². The Morgan fingerprint density at radius 3 is 1.87 bits per heavy atom. The number of nitrogens with zero attached hydrogens (tertiary/aromatic N) is 1. The fraction of sp³-hybridized carbons (Fsp3) is 0.425. The number of amides is 8. The Hall–Kier alpha value is -11.4. The molecule has 0 aliphatic carbocycles. The molecular weight excluding hydrogens is 1690 g/mol. The number of fused-ring (bicyclic) bond motifs is 14. The van der Waals surface area contributed by atoms with Crippen molar-refractivity contribution in [2.75, 3.05) is 47.4 Å². The van der Waals surface area contributed by atoms with E-state index in [2.05, 4.69) is 61.7 Å². The zero-order chi connectivity index (χ0) is 90.4. The Morgan fingerprint density at radius 2 is 1.17 bits per heavy atom. The lowest BCUT2D eigenvalue weighted by Crippen LogP contribution is -2.65. The van der Waals surface area contributed by atoms with Gasteiger partial charge in [0.2, 0.25) is 65.6 Å². The maximum absolute atomic E-state index is 16.8. The average Bonchev–Trinajstić information content (AvgIpc) is 0.867. The highest BCUT2D eigenvalue weighted by Gasteiger charge is 2.50. The van der Waals surface area contributed by atoms with Crippen LogP contribution in [0.15, 0.2) is 115 Å². The van der Waals surface area contributed by atoms with Gasteiger partial charge in [-0.1, -0.05) is 99.5 Å². The van der Waals surface area contributed by atoms with Crippen LogP contribution in [0.25, 0.3) is 11.1 Å². The number of nitrogens with one attached hydrogen (secondary N) is 9. The van der Waals surface area contributed by atoms with Crippen LogP contribution < -0.4 is 71.5 Å². The minimum atomic E-state index is -2.40. The second-order valence-electron chi connectivity index (χ2n) is 32.3. The van der Waals surface area contributed by atoms with E-state index >= 15 is 28.8 Å². The third kappa shape index (κ3) is 20.6. The summed E-state index contributed by atoms with van der Waals surface area (Å²) in [4.78, 5) is 127. The molecule has 0 aromatic heterocycles. The van der Waals surface area contributed by atoms with E-state index in [0.717, 1.165) is 86.3 Å². The molecule has 8 aliphatic heterocycles. The van der Waals surface area contributed by atoms with Crippen LogP contribution in [0.3, 0.4) is 0 Å². The van der Waals surface area contributed by atoms with Gasteiger partial charge in [-0.15, -0.1) is 0 Å². The van der Waals surface area contributed by atoms with Gasteiger partial charge < -0.3 is 147 Å². The van der Waals surface area contributed by atoms with Gasteiger partial charge in [-0.3, -0.25) is 38.4 Å². The van der Waals surface area contributed by atoms with Crippen molar-refractivity contribution in [3.63, 3.8) is 0 Å². The van der Waals surface area contributed by atoms with Crippen molar-refractivity contribution in [3.8, 4) is 80.1 Å². The minimum Gasteiger partial charge on any atom is -0.508 e. The number of benzene rings is 7. The quantitative estimate of drug-likeness (QED) is 0.0456. The lowest BCUT2D eigenvalue weighted by Gasteiger charge is -2.42. The second-order valence-corrected chi connectivity index (χ2v) is 33.1. The standard InChI is InChI=1S/C87H100Cl2N10O27/c1-38(2)12-9-7-6-8-10-13-62(106)93-71-75(110)73(108)60(36-100)124-86(71)126-78-58-30-43-31-59(78)122-55-23-18-42(28-50(55)88)72(107)70-85(119)97-68(80(114)91-24-11-25-99(4)5)48-32-44(102)33-57(123-87-77(112)76(111)74(109)61(37-101)125-87)63(48)47-27-40(16-21-52(47)103)66(82(116)98-70)94-83(117)67(43)95-84(118)69-49-34-46(35-54(105)64(49)89)121-56-29-41(17-22-53(56)104)65(90-3)81(115)92-51(79(113)96-69)26-39-14-19-45(120-58)20-15-39/h14-23,27-35,38,51,60-61,65-77,86-87,90,100-105,107-112H,6-13,24-26,36-37H2,1-5H3,(H,91,114)(H,92,115)(H,93,106)(H,94,117)(H,95,118)(H,96,113)(H,97,119)(H,98,116)/t51-,60-,61-,65-,66-,67-,68-,69+,70+,71-,72-,73-,74-,75-,76+,77+,86+,87+/m1/s1. The van der Waals surface area contributed by atoms with Gasteiger partial charge in [-0.2, -0.15) is 0 Å². The van der Waals surface area contributed by atoms with E-state index in [1.54, 1.807) is 14.1 Å². The number of phenols is 4. The van der Waals surface area contributed by atoms with Crippen LogP contribution in [0.2, 0.25) is 10.0 Å². The number of carbonyl (C=O) groups excluding carboxylic acids is 8. The molecule has 37 nitrogen and oxygen atoms in total. The number of halogens is 2. The molecule has 21 N–H and O–H groups in total. The van der Waals surface area contributed by atoms with Crippen LogP contribution in [0.4, 0.5) is 0 Å². The van der Waals surface area contributed by atoms with Gasteiger partial charge in [-0.05, 0) is 153 Å². The highest BCUT2D eigenvalue weighted by Crippen LogP contribution is 2.51. The number of likely N-dealkylation sites (N-methyl/N-ethyl adjacent to an activating group) is 1. The summed E-state index contributed by atoms with van der Waals surface area (Å²) in [6.07, 6.45) is -15.0. The third-order valence-corrected chi connectivity index (χ3v) is 23.2. The zero-order valence-corrected chi connectivity index (χ0v) is 70.3. The van der Waals surface area contributed by atoms with E-state index in [1.165, 1.54) is 61.6 Å². The van der Waals surface area contributed by atoms with Crippen LogP contribution in [0, 0.1) is 5.92 Å². The highest BCUT2D eigenvalue weighted by molar-refractivity contribution is 6.33. The molecule has 7 aromatic carbocycles. The maximum Gasteiger partial charge on any atom is 0.248 e. The zero-order valence-electron chi connectivity index (χ0n) is 68.8. The van der Waals surface area contributed by atoms with Crippen LogP contribution >= 0.6 is 23.2 Å². The summed E-state index contributed by atoms with van der Waals surface area (Å²) in [6, 6.07) is 6.58. The van der Waals surface area contributed by atoms with Gasteiger partial charge in [0.05, 0.1) is 23.3 Å². The second kappa shape index (κ2) is 40.1. The molecule has 0 saturated carbocycles. The van der Waals surface area contributed by atoms with E-state index in [-0.39, 0.29) is 59.1 Å². The number of hydrogen-bond donors (Lipinski definition) is 21. The normalized spacial score (nSPS) is 26.1. The number of aliphatic hydroxyl groups excluding tert-OH is 8. The van der Waals surface area contributed by atoms with Gasteiger partial charge in [0.1, 0.15) is 137 Å². The highest BCUT2D eigenvalue weighted by atomic mass is 35.5. The van der Waals surface area contributed by atoms with Crippen molar-refractivity contribution in [2.24, 2.45) is 5.92 Å². The average molecular weight is 1790 g/mol. The lowest BCUT2D eigenvalue weighted by atomic mass is 9.89. The molecule has 7 aromatic rings. The molecule has 0 radical (unpaired) electrons. The van der Waals surface area contributed by atoms with Crippen molar-refractivity contribution >= 4 is 70.5 Å². The Morgan fingerprint density at radius 1 is 0.548 bits per heavy atom. The first-order valence-corrected chi connectivity index (χ1v) is 41.8. The fourth-order valence-electron chi connectivity index (χ4n) is 15.8. The topological polar surface area (TPSA) is 555 Å². The SMILES string of the molecule is CN[C@H]1C(=O)N[C@@H]2Cc3ccc(cc3)Oc3cc4cc(c3O[C@@H]3O[C@H](CO)[C@@H](O)[C@H](O)[C@H]3NC(=O)CCCCCCCC(C)C)Oc3ccc(cc3Cl)[C@@H](O)[C@@H]3NC(=O)[C@H](NC(=O)[C@@H]4NC(=O)[C@@H](NC2=O)c2cc(cc(O)c2Cl)Oc2cc1ccc2O)c1ccc(O)c(c1)-c1c(O[C@H]2O[C@H](CO)[C@@H](O)[C@H](O)[C@@H]2O)cc(O)cc1[C@H](C(=O)NCCCN(C)C)NC3=O. The van der Waals surface area contributed by atoms with Gasteiger partial charge in [-0.25, -0.2) is 0 Å². The van der Waals surface area contributed by atoms with E-state index in [1.807, 2.05) is 4.90 Å². The third-order valence-electron chi connectivity index (χ3n) is 22.5. The number of phenolic OH excluding ortho intramolecular Hbond substituents is 4. The van der Waals surface area contributed by atoms with Gasteiger partial charge in [0.25, 0.3) is 0 Å². The molecule has 17 bridgehead atoms.